The first-order valence-corrected chi connectivity index (χ1v) is 12.9. The molecule has 0 fully saturated rings. The topological polar surface area (TPSA) is 139 Å². The van der Waals surface area contributed by atoms with E-state index in [4.69, 9.17) is 9.29 Å². The first-order chi connectivity index (χ1) is 17.2. The molecule has 0 aliphatic heterocycles. The second-order valence-corrected chi connectivity index (χ2v) is 9.77. The Labute approximate surface area is 215 Å². The Morgan fingerprint density at radius 2 is 1.69 bits per heavy atom. The van der Waals surface area contributed by atoms with Crippen molar-refractivity contribution < 1.29 is 27.4 Å². The summed E-state index contributed by atoms with van der Waals surface area (Å²) in [6.45, 7) is 3.88. The van der Waals surface area contributed by atoms with Crippen molar-refractivity contribution in [1.82, 2.24) is 15.6 Å². The molecule has 36 heavy (non-hydrogen) atoms. The molecule has 0 bridgehead atoms. The van der Waals surface area contributed by atoms with Crippen molar-refractivity contribution in [1.29, 1.82) is 0 Å². The normalized spacial score (nSPS) is 13.3. The number of alkyl carbamates (subject to hydrolysis) is 1. The van der Waals surface area contributed by atoms with E-state index in [1.54, 1.807) is 12.1 Å². The molecule has 1 aromatic heterocycles. The fraction of sp³-hybridized carbons (Fsp3) is 0.292. The smallest absolute Gasteiger partial charge is 0.407 e. The van der Waals surface area contributed by atoms with Gasteiger partial charge in [-0.3, -0.25) is 9.35 Å². The van der Waals surface area contributed by atoms with Crippen molar-refractivity contribution in [2.24, 2.45) is 0 Å². The van der Waals surface area contributed by atoms with Gasteiger partial charge < -0.3 is 15.4 Å². The summed E-state index contributed by atoms with van der Waals surface area (Å²) >= 11 is -0.941. The molecule has 0 radical (unpaired) electrons. The lowest BCUT2D eigenvalue weighted by molar-refractivity contribution is -0.123. The summed E-state index contributed by atoms with van der Waals surface area (Å²) in [6, 6.07) is 15.1. The number of thiazole rings is 1. The first-order valence-electron chi connectivity index (χ1n) is 11.0. The molecule has 0 aliphatic rings. The number of nitrogens with one attached hydrogen (secondary N) is 3. The van der Waals surface area contributed by atoms with E-state index in [0.29, 0.717) is 12.1 Å². The summed E-state index contributed by atoms with van der Waals surface area (Å²) in [6.07, 6.45) is 0.0241. The van der Waals surface area contributed by atoms with Crippen LogP contribution in [0.2, 0.25) is 0 Å². The van der Waals surface area contributed by atoms with Gasteiger partial charge in [-0.05, 0) is 43.5 Å². The largest absolute Gasteiger partial charge is 0.453 e. The standard InChI is InChI=1S/C24H28N4O6S2/c1-15-16(2)35-23(25-15)21(14-18-9-11-19(12-10-18)28-34-36(31)32)26-22(29)20(27-24(30)33-3)13-17-7-5-4-6-8-17/h4-12,20-21,28H,13-14H2,1-3H3,(H,26,29)(H,27,30)(H,31,32)/t20-,21-/m0/s1. The second-order valence-electron chi connectivity index (χ2n) is 7.94. The van der Waals surface area contributed by atoms with Crippen molar-refractivity contribution in [2.45, 2.75) is 38.8 Å². The summed E-state index contributed by atoms with van der Waals surface area (Å²) in [5.74, 6) is -0.364. The third-order valence-corrected chi connectivity index (χ3v) is 6.77. The van der Waals surface area contributed by atoms with Crippen molar-refractivity contribution in [3.8, 4) is 0 Å². The highest BCUT2D eigenvalue weighted by atomic mass is 32.2. The van der Waals surface area contributed by atoms with Crippen molar-refractivity contribution >= 4 is 40.4 Å². The summed E-state index contributed by atoms with van der Waals surface area (Å²) < 4.78 is 28.6. The van der Waals surface area contributed by atoms with Gasteiger partial charge in [0.15, 0.2) is 0 Å². The maximum Gasteiger partial charge on any atom is 0.407 e. The molecule has 0 saturated heterocycles. The van der Waals surface area contributed by atoms with Crippen molar-refractivity contribution in [3.63, 3.8) is 0 Å². The Kier molecular flexibility index (Phi) is 9.94. The number of nitrogens with zero attached hydrogens (tertiary/aromatic N) is 1. The predicted molar refractivity (Wildman–Crippen MR) is 138 cm³/mol. The van der Waals surface area contributed by atoms with Gasteiger partial charge in [0.25, 0.3) is 0 Å². The molecule has 3 atom stereocenters. The summed E-state index contributed by atoms with van der Waals surface area (Å²) in [5, 5.41) is 6.42. The second kappa shape index (κ2) is 13.1. The Morgan fingerprint density at radius 3 is 2.28 bits per heavy atom. The number of benzene rings is 2. The van der Waals surface area contributed by atoms with Crippen LogP contribution in [0.15, 0.2) is 54.6 Å². The molecular formula is C24H28N4O6S2. The van der Waals surface area contributed by atoms with Gasteiger partial charge in [-0.1, -0.05) is 42.5 Å². The Hall–Kier alpha value is -3.32. The van der Waals surface area contributed by atoms with Crippen LogP contribution < -0.4 is 16.1 Å². The average molecular weight is 533 g/mol. The molecule has 1 unspecified atom stereocenters. The highest BCUT2D eigenvalue weighted by molar-refractivity contribution is 7.74. The molecule has 0 aliphatic carbocycles. The molecule has 192 valence electrons. The third-order valence-electron chi connectivity index (χ3n) is 5.36. The van der Waals surface area contributed by atoms with Gasteiger partial charge in [0.05, 0.1) is 24.5 Å². The number of carbonyl (C=O) groups is 2. The van der Waals surface area contributed by atoms with E-state index in [0.717, 1.165) is 26.7 Å². The first kappa shape index (κ1) is 27.3. The fourth-order valence-electron chi connectivity index (χ4n) is 3.41. The van der Waals surface area contributed by atoms with E-state index in [2.05, 4.69) is 25.4 Å². The number of carbonyl (C=O) groups excluding carboxylic acids is 2. The van der Waals surface area contributed by atoms with Gasteiger partial charge in [-0.2, -0.15) is 4.21 Å². The molecule has 4 N–H and O–H groups in total. The van der Waals surface area contributed by atoms with Gasteiger partial charge in [0, 0.05) is 11.3 Å². The Balaban J connectivity index is 1.81. The predicted octanol–water partition coefficient (Wildman–Crippen LogP) is 3.61. The molecule has 10 nitrogen and oxygen atoms in total. The number of amides is 2. The zero-order valence-corrected chi connectivity index (χ0v) is 21.7. The number of aryl methyl sites for hydroxylation is 2. The lowest BCUT2D eigenvalue weighted by Gasteiger charge is -2.22. The van der Waals surface area contributed by atoms with Crippen LogP contribution in [-0.2, 0) is 38.0 Å². The molecular weight excluding hydrogens is 504 g/mol. The minimum atomic E-state index is -2.44. The lowest BCUT2D eigenvalue weighted by atomic mass is 10.0. The van der Waals surface area contributed by atoms with Crippen LogP contribution in [0.1, 0.15) is 32.7 Å². The number of aromatic nitrogens is 1. The van der Waals surface area contributed by atoms with Crippen LogP contribution >= 0.6 is 11.3 Å². The SMILES string of the molecule is COC(=O)N[C@@H](Cc1ccccc1)C(=O)N[C@@H](Cc1ccc(NOS(=O)O)cc1)c1nc(C)c(C)s1. The van der Waals surface area contributed by atoms with E-state index in [1.165, 1.54) is 18.4 Å². The van der Waals surface area contributed by atoms with E-state index in [9.17, 15) is 13.8 Å². The van der Waals surface area contributed by atoms with Gasteiger partial charge in [0.1, 0.15) is 11.0 Å². The fourth-order valence-corrected chi connectivity index (χ4v) is 4.55. The zero-order valence-electron chi connectivity index (χ0n) is 20.0. The van der Waals surface area contributed by atoms with E-state index >= 15 is 0 Å². The zero-order chi connectivity index (χ0) is 26.1. The number of hydrogen-bond donors (Lipinski definition) is 4. The van der Waals surface area contributed by atoms with Crippen molar-refractivity contribution in [2.75, 3.05) is 12.6 Å². The monoisotopic (exact) mass is 532 g/mol. The van der Waals surface area contributed by atoms with Gasteiger partial charge >= 0.3 is 17.5 Å². The van der Waals surface area contributed by atoms with Crippen LogP contribution in [0, 0.1) is 13.8 Å². The molecule has 3 aromatic rings. The molecule has 2 aromatic carbocycles. The minimum absolute atomic E-state index is 0.289. The number of hydrogen-bond acceptors (Lipinski definition) is 8. The molecule has 1 heterocycles. The average Bonchev–Trinajstić information content (AvgIpc) is 3.21. The van der Waals surface area contributed by atoms with Gasteiger partial charge in [-0.25, -0.2) is 15.3 Å². The summed E-state index contributed by atoms with van der Waals surface area (Å²) in [7, 11) is 1.25. The van der Waals surface area contributed by atoms with Crippen LogP contribution in [0.25, 0.3) is 0 Å². The molecule has 2 amide bonds. The molecule has 12 heteroatoms. The van der Waals surface area contributed by atoms with Gasteiger partial charge in [-0.15, -0.1) is 15.6 Å². The van der Waals surface area contributed by atoms with Crippen LogP contribution in [-0.4, -0.2) is 38.9 Å². The van der Waals surface area contributed by atoms with E-state index < -0.39 is 29.5 Å². The highest BCUT2D eigenvalue weighted by Crippen LogP contribution is 2.26. The molecule has 3 rings (SSSR count). The molecule has 0 spiro atoms. The van der Waals surface area contributed by atoms with Crippen LogP contribution in [0.5, 0.6) is 0 Å². The quantitative estimate of drug-likeness (QED) is 0.217. The highest BCUT2D eigenvalue weighted by Gasteiger charge is 2.26. The number of anilines is 1. The third kappa shape index (κ3) is 8.12. The number of ether oxygens (including phenoxy) is 1. The van der Waals surface area contributed by atoms with E-state index in [1.807, 2.05) is 56.3 Å². The Bertz CT molecular complexity index is 1170. The summed E-state index contributed by atoms with van der Waals surface area (Å²) in [4.78, 5) is 31.0. The summed E-state index contributed by atoms with van der Waals surface area (Å²) in [5.41, 5.74) is 5.54. The minimum Gasteiger partial charge on any atom is -0.453 e. The number of methoxy groups -OCH3 is 1. The maximum absolute atomic E-state index is 13.4. The number of rotatable bonds is 11. The van der Waals surface area contributed by atoms with Crippen LogP contribution in [0.4, 0.5) is 10.5 Å². The van der Waals surface area contributed by atoms with E-state index in [-0.39, 0.29) is 12.3 Å². The van der Waals surface area contributed by atoms with Gasteiger partial charge in [0.2, 0.25) is 5.91 Å². The van der Waals surface area contributed by atoms with Crippen LogP contribution in [0.3, 0.4) is 0 Å². The Morgan fingerprint density at radius 1 is 1.03 bits per heavy atom. The molecule has 0 saturated carbocycles. The maximum atomic E-state index is 13.4. The van der Waals surface area contributed by atoms with Crippen molar-refractivity contribution in [3.05, 3.63) is 81.3 Å². The lowest BCUT2D eigenvalue weighted by Crippen LogP contribution is -2.49.